The average molecular weight is 407 g/mol. The Labute approximate surface area is 168 Å². The first-order valence-corrected chi connectivity index (χ1v) is 11.4. The second-order valence-electron chi connectivity index (χ2n) is 6.59. The van der Waals surface area contributed by atoms with E-state index in [-0.39, 0.29) is 10.6 Å². The molecule has 0 N–H and O–H groups in total. The molecule has 0 aliphatic heterocycles. The Morgan fingerprint density at radius 3 is 1.71 bits per heavy atom. The van der Waals surface area contributed by atoms with Gasteiger partial charge in [0.25, 0.3) is 0 Å². The summed E-state index contributed by atoms with van der Waals surface area (Å²) in [5, 5.41) is 0. The lowest BCUT2D eigenvalue weighted by molar-refractivity contribution is 0.305. The van der Waals surface area contributed by atoms with Crippen LogP contribution in [-0.2, 0) is 10.1 Å². The van der Waals surface area contributed by atoms with Crippen LogP contribution >= 0.6 is 0 Å². The highest BCUT2D eigenvalue weighted by Gasteiger charge is 2.16. The van der Waals surface area contributed by atoms with Gasteiger partial charge in [-0.3, -0.25) is 0 Å². The minimum atomic E-state index is -3.89. The third-order valence-electron chi connectivity index (χ3n) is 4.18. The van der Waals surface area contributed by atoms with Crippen molar-refractivity contribution in [3.05, 3.63) is 48.5 Å². The molecule has 0 unspecified atom stereocenters. The maximum absolute atomic E-state index is 12.4. The van der Waals surface area contributed by atoms with Crippen molar-refractivity contribution < 1.29 is 22.1 Å². The van der Waals surface area contributed by atoms with Gasteiger partial charge in [-0.1, -0.05) is 39.5 Å². The Balaban J connectivity index is 1.89. The van der Waals surface area contributed by atoms with Crippen LogP contribution in [-0.4, -0.2) is 21.6 Å². The van der Waals surface area contributed by atoms with Gasteiger partial charge in [-0.05, 0) is 61.4 Å². The first-order chi connectivity index (χ1) is 13.5. The summed E-state index contributed by atoms with van der Waals surface area (Å²) >= 11 is 0. The van der Waals surface area contributed by atoms with Crippen LogP contribution in [0, 0.1) is 0 Å². The zero-order chi connectivity index (χ0) is 20.2. The zero-order valence-electron chi connectivity index (χ0n) is 16.7. The van der Waals surface area contributed by atoms with Crippen LogP contribution in [0.5, 0.6) is 17.2 Å². The molecule has 28 heavy (non-hydrogen) atoms. The Morgan fingerprint density at radius 2 is 1.14 bits per heavy atom. The molecule has 0 saturated carbocycles. The van der Waals surface area contributed by atoms with Crippen LogP contribution in [0.1, 0.15) is 52.4 Å². The summed E-state index contributed by atoms with van der Waals surface area (Å²) in [5.74, 6) is 1.60. The van der Waals surface area contributed by atoms with Gasteiger partial charge in [0.2, 0.25) is 0 Å². The van der Waals surface area contributed by atoms with Gasteiger partial charge in [0, 0.05) is 0 Å². The summed E-state index contributed by atoms with van der Waals surface area (Å²) < 4.78 is 41.3. The minimum Gasteiger partial charge on any atom is -0.494 e. The summed E-state index contributed by atoms with van der Waals surface area (Å²) in [7, 11) is -3.89. The van der Waals surface area contributed by atoms with E-state index in [2.05, 4.69) is 13.8 Å². The topological polar surface area (TPSA) is 61.8 Å². The molecule has 0 saturated heterocycles. The smallest absolute Gasteiger partial charge is 0.339 e. The van der Waals surface area contributed by atoms with Crippen LogP contribution in [0.15, 0.2) is 53.4 Å². The largest absolute Gasteiger partial charge is 0.494 e. The van der Waals surface area contributed by atoms with Gasteiger partial charge in [0.05, 0.1) is 13.2 Å². The van der Waals surface area contributed by atoms with Crippen molar-refractivity contribution in [1.82, 2.24) is 0 Å². The van der Waals surface area contributed by atoms with E-state index in [0.29, 0.717) is 24.7 Å². The third kappa shape index (κ3) is 7.43. The van der Waals surface area contributed by atoms with Crippen LogP contribution in [0.3, 0.4) is 0 Å². The Hall–Kier alpha value is -2.21. The second kappa shape index (κ2) is 11.6. The Morgan fingerprint density at radius 1 is 0.643 bits per heavy atom. The van der Waals surface area contributed by atoms with Gasteiger partial charge in [0.1, 0.15) is 22.1 Å². The molecule has 0 atom stereocenters. The van der Waals surface area contributed by atoms with Gasteiger partial charge < -0.3 is 13.7 Å². The SMILES string of the molecule is CCCCCCOc1ccc(OS(=O)(=O)c2ccc(OCCCC)cc2)cc1. The van der Waals surface area contributed by atoms with Crippen molar-refractivity contribution in [2.75, 3.05) is 13.2 Å². The lowest BCUT2D eigenvalue weighted by Gasteiger charge is -2.10. The molecule has 0 heterocycles. The lowest BCUT2D eigenvalue weighted by atomic mass is 10.2. The molecule has 0 amide bonds. The monoisotopic (exact) mass is 406 g/mol. The summed E-state index contributed by atoms with van der Waals surface area (Å²) in [6.07, 6.45) is 6.57. The van der Waals surface area contributed by atoms with E-state index in [0.717, 1.165) is 25.7 Å². The van der Waals surface area contributed by atoms with Crippen molar-refractivity contribution in [2.45, 2.75) is 57.3 Å². The van der Waals surface area contributed by atoms with Gasteiger partial charge in [-0.2, -0.15) is 8.42 Å². The van der Waals surface area contributed by atoms with E-state index in [4.69, 9.17) is 13.7 Å². The number of ether oxygens (including phenoxy) is 2. The molecular weight excluding hydrogens is 376 g/mol. The number of hydrogen-bond acceptors (Lipinski definition) is 5. The predicted molar refractivity (Wildman–Crippen MR) is 111 cm³/mol. The Kier molecular flexibility index (Phi) is 9.14. The van der Waals surface area contributed by atoms with E-state index in [1.165, 1.54) is 25.0 Å². The highest BCUT2D eigenvalue weighted by molar-refractivity contribution is 7.87. The first-order valence-electron chi connectivity index (χ1n) is 9.95. The van der Waals surface area contributed by atoms with E-state index in [9.17, 15) is 8.42 Å². The molecule has 0 fully saturated rings. The van der Waals surface area contributed by atoms with E-state index in [1.807, 2.05) is 0 Å². The highest BCUT2D eigenvalue weighted by atomic mass is 32.2. The predicted octanol–water partition coefficient (Wildman–Crippen LogP) is 5.59. The number of hydrogen-bond donors (Lipinski definition) is 0. The molecule has 5 nitrogen and oxygen atoms in total. The molecule has 0 bridgehead atoms. The molecule has 2 aromatic rings. The summed E-state index contributed by atoms with van der Waals surface area (Å²) in [4.78, 5) is 0.0894. The summed E-state index contributed by atoms with van der Waals surface area (Å²) in [5.41, 5.74) is 0. The quantitative estimate of drug-likeness (QED) is 0.320. The molecular formula is C22H30O5S. The molecule has 0 radical (unpaired) electrons. The number of unbranched alkanes of at least 4 members (excludes halogenated alkanes) is 4. The maximum Gasteiger partial charge on any atom is 0.339 e. The van der Waals surface area contributed by atoms with Crippen molar-refractivity contribution >= 4 is 10.1 Å². The standard InChI is InChI=1S/C22H30O5S/c1-3-5-7-8-18-26-19-9-11-21(12-10-19)27-28(23,24)22-15-13-20(14-16-22)25-17-6-4-2/h9-16H,3-8,17-18H2,1-2H3. The van der Waals surface area contributed by atoms with Gasteiger partial charge in [-0.25, -0.2) is 0 Å². The minimum absolute atomic E-state index is 0.0894. The van der Waals surface area contributed by atoms with Crippen LogP contribution in [0.25, 0.3) is 0 Å². The molecule has 2 aromatic carbocycles. The molecule has 6 heteroatoms. The molecule has 2 rings (SSSR count). The van der Waals surface area contributed by atoms with Crippen molar-refractivity contribution in [2.24, 2.45) is 0 Å². The fourth-order valence-corrected chi connectivity index (χ4v) is 3.45. The third-order valence-corrected chi connectivity index (χ3v) is 5.44. The van der Waals surface area contributed by atoms with Crippen molar-refractivity contribution in [3.63, 3.8) is 0 Å². The van der Waals surface area contributed by atoms with Gasteiger partial charge in [0.15, 0.2) is 0 Å². The second-order valence-corrected chi connectivity index (χ2v) is 8.14. The fourth-order valence-electron chi connectivity index (χ4n) is 2.52. The number of rotatable bonds is 13. The summed E-state index contributed by atoms with van der Waals surface area (Å²) in [6.45, 7) is 5.53. The van der Waals surface area contributed by atoms with Crippen LogP contribution in [0.4, 0.5) is 0 Å². The molecule has 0 spiro atoms. The maximum atomic E-state index is 12.4. The molecule has 0 aromatic heterocycles. The van der Waals surface area contributed by atoms with E-state index in [1.54, 1.807) is 36.4 Å². The molecule has 0 aliphatic carbocycles. The lowest BCUT2D eigenvalue weighted by Crippen LogP contribution is -2.09. The normalized spacial score (nSPS) is 11.2. The van der Waals surface area contributed by atoms with Crippen molar-refractivity contribution in [1.29, 1.82) is 0 Å². The van der Waals surface area contributed by atoms with Gasteiger partial charge >= 0.3 is 10.1 Å². The van der Waals surface area contributed by atoms with Crippen LogP contribution < -0.4 is 13.7 Å². The average Bonchev–Trinajstić information content (AvgIpc) is 2.69. The zero-order valence-corrected chi connectivity index (χ0v) is 17.5. The highest BCUT2D eigenvalue weighted by Crippen LogP contribution is 2.23. The first kappa shape index (κ1) is 22.1. The number of benzene rings is 2. The van der Waals surface area contributed by atoms with Crippen molar-refractivity contribution in [3.8, 4) is 17.2 Å². The molecule has 0 aliphatic rings. The Bertz CT molecular complexity index is 783. The van der Waals surface area contributed by atoms with E-state index < -0.39 is 10.1 Å². The van der Waals surface area contributed by atoms with Crippen LogP contribution in [0.2, 0.25) is 0 Å². The summed E-state index contributed by atoms with van der Waals surface area (Å²) in [6, 6.07) is 12.9. The fraction of sp³-hybridized carbons (Fsp3) is 0.455. The molecule has 154 valence electrons. The van der Waals surface area contributed by atoms with E-state index >= 15 is 0 Å². The van der Waals surface area contributed by atoms with Gasteiger partial charge in [-0.15, -0.1) is 0 Å².